The number of imidazole rings is 1. The summed E-state index contributed by atoms with van der Waals surface area (Å²) in [6, 6.07) is 14.1. The van der Waals surface area contributed by atoms with Crippen molar-refractivity contribution in [2.75, 3.05) is 0 Å². The van der Waals surface area contributed by atoms with E-state index in [-0.39, 0.29) is 0 Å². The molecule has 18 heavy (non-hydrogen) atoms. The van der Waals surface area contributed by atoms with Crippen molar-refractivity contribution in [3.63, 3.8) is 0 Å². The van der Waals surface area contributed by atoms with Crippen LogP contribution in [0.4, 0.5) is 0 Å². The molecule has 0 unspecified atom stereocenters. The fourth-order valence-corrected chi connectivity index (χ4v) is 2.76. The molecule has 0 amide bonds. The molecule has 2 heterocycles. The molecule has 2 aromatic heterocycles. The minimum Gasteiger partial charge on any atom is -0.282 e. The summed E-state index contributed by atoms with van der Waals surface area (Å²) in [6.07, 6.45) is 1.83. The van der Waals surface area contributed by atoms with Crippen molar-refractivity contribution in [2.24, 2.45) is 0 Å². The van der Waals surface area contributed by atoms with Crippen molar-refractivity contribution in [1.82, 2.24) is 14.4 Å². The predicted octanol–water partition coefficient (Wildman–Crippen LogP) is 3.80. The summed E-state index contributed by atoms with van der Waals surface area (Å²) in [5.41, 5.74) is 3.97. The number of halogens is 1. The van der Waals surface area contributed by atoms with Gasteiger partial charge >= 0.3 is 0 Å². The van der Waals surface area contributed by atoms with E-state index in [0.717, 1.165) is 32.1 Å². The molecule has 0 radical (unpaired) electrons. The van der Waals surface area contributed by atoms with Crippen LogP contribution in [-0.4, -0.2) is 14.4 Å². The van der Waals surface area contributed by atoms with Crippen molar-refractivity contribution in [2.45, 2.75) is 0 Å². The highest BCUT2D eigenvalue weighted by Crippen LogP contribution is 2.26. The smallest absolute Gasteiger partial charge is 0.148 e. The third kappa shape index (κ3) is 1.24. The maximum Gasteiger partial charge on any atom is 0.148 e. The number of para-hydroxylation sites is 3. The molecule has 0 saturated heterocycles. The molecule has 0 fully saturated rings. The van der Waals surface area contributed by atoms with E-state index in [1.807, 2.05) is 47.1 Å². The van der Waals surface area contributed by atoms with Gasteiger partial charge in [-0.05, 0) is 40.2 Å². The van der Waals surface area contributed by atoms with Crippen LogP contribution < -0.4 is 0 Å². The van der Waals surface area contributed by atoms with E-state index in [2.05, 4.69) is 32.0 Å². The highest BCUT2D eigenvalue weighted by molar-refractivity contribution is 9.10. The molecular formula is C14H8BrN3. The molecule has 4 aromatic rings. The van der Waals surface area contributed by atoms with Gasteiger partial charge in [-0.15, -0.1) is 0 Å². The number of fused-ring (bicyclic) bond motifs is 5. The summed E-state index contributed by atoms with van der Waals surface area (Å²) >= 11 is 3.53. The van der Waals surface area contributed by atoms with Gasteiger partial charge in [-0.25, -0.2) is 9.97 Å². The Balaban J connectivity index is 2.32. The third-order valence-corrected chi connectivity index (χ3v) is 3.77. The molecule has 4 rings (SSSR count). The van der Waals surface area contributed by atoms with Gasteiger partial charge in [0.2, 0.25) is 0 Å². The van der Waals surface area contributed by atoms with Gasteiger partial charge in [0.05, 0.1) is 16.6 Å². The zero-order valence-electron chi connectivity index (χ0n) is 9.34. The van der Waals surface area contributed by atoms with Crippen LogP contribution in [0.25, 0.3) is 27.6 Å². The van der Waals surface area contributed by atoms with E-state index < -0.39 is 0 Å². The van der Waals surface area contributed by atoms with Crippen LogP contribution in [0.3, 0.4) is 0 Å². The Labute approximate surface area is 111 Å². The third-order valence-electron chi connectivity index (χ3n) is 3.13. The van der Waals surface area contributed by atoms with Gasteiger partial charge in [-0.2, -0.15) is 0 Å². The standard InChI is InChI=1S/C14H8BrN3/c15-10-5-3-4-9-13(10)16-8-18-12-7-2-1-6-11(12)17-14(9)18/h1-8H. The molecule has 0 aliphatic heterocycles. The lowest BCUT2D eigenvalue weighted by Crippen LogP contribution is -1.90. The second-order valence-electron chi connectivity index (χ2n) is 4.17. The Morgan fingerprint density at radius 3 is 2.83 bits per heavy atom. The topological polar surface area (TPSA) is 30.2 Å². The second-order valence-corrected chi connectivity index (χ2v) is 5.03. The summed E-state index contributed by atoms with van der Waals surface area (Å²) in [4.78, 5) is 9.19. The lowest BCUT2D eigenvalue weighted by molar-refractivity contribution is 1.15. The fraction of sp³-hybridized carbons (Fsp3) is 0. The van der Waals surface area contributed by atoms with E-state index in [4.69, 9.17) is 0 Å². The van der Waals surface area contributed by atoms with Gasteiger partial charge in [-0.1, -0.05) is 18.2 Å². The minimum atomic E-state index is 0.945. The van der Waals surface area contributed by atoms with Crippen LogP contribution in [0.1, 0.15) is 0 Å². The zero-order valence-corrected chi connectivity index (χ0v) is 10.9. The predicted molar refractivity (Wildman–Crippen MR) is 75.7 cm³/mol. The van der Waals surface area contributed by atoms with E-state index in [0.29, 0.717) is 0 Å². The SMILES string of the molecule is Brc1cccc2c1ncn1c3ccccc3nc21. The minimum absolute atomic E-state index is 0.945. The van der Waals surface area contributed by atoms with Crippen LogP contribution in [-0.2, 0) is 0 Å². The summed E-state index contributed by atoms with van der Waals surface area (Å²) in [6.45, 7) is 0. The number of hydrogen-bond donors (Lipinski definition) is 0. The Kier molecular flexibility index (Phi) is 1.96. The largest absolute Gasteiger partial charge is 0.282 e. The highest BCUT2D eigenvalue weighted by atomic mass is 79.9. The average molecular weight is 298 g/mol. The number of benzene rings is 2. The van der Waals surface area contributed by atoms with Gasteiger partial charge in [0, 0.05) is 9.86 Å². The van der Waals surface area contributed by atoms with Crippen LogP contribution in [0.5, 0.6) is 0 Å². The summed E-state index contributed by atoms with van der Waals surface area (Å²) in [5.74, 6) is 0. The summed E-state index contributed by atoms with van der Waals surface area (Å²) < 4.78 is 3.03. The van der Waals surface area contributed by atoms with Crippen molar-refractivity contribution >= 4 is 43.5 Å². The molecule has 0 spiro atoms. The molecule has 86 valence electrons. The van der Waals surface area contributed by atoms with Gasteiger partial charge < -0.3 is 0 Å². The average Bonchev–Trinajstić information content (AvgIpc) is 2.78. The fourth-order valence-electron chi connectivity index (χ4n) is 2.29. The zero-order chi connectivity index (χ0) is 12.1. The van der Waals surface area contributed by atoms with Crippen molar-refractivity contribution < 1.29 is 0 Å². The van der Waals surface area contributed by atoms with Crippen molar-refractivity contribution in [3.05, 3.63) is 53.3 Å². The normalized spacial score (nSPS) is 11.6. The Morgan fingerprint density at radius 1 is 1.00 bits per heavy atom. The number of nitrogens with zero attached hydrogens (tertiary/aromatic N) is 3. The molecule has 0 saturated carbocycles. The second kappa shape index (κ2) is 3.53. The maximum atomic E-state index is 4.69. The van der Waals surface area contributed by atoms with E-state index in [9.17, 15) is 0 Å². The monoisotopic (exact) mass is 297 g/mol. The highest BCUT2D eigenvalue weighted by Gasteiger charge is 2.09. The lowest BCUT2D eigenvalue weighted by atomic mass is 10.2. The molecule has 3 nitrogen and oxygen atoms in total. The van der Waals surface area contributed by atoms with Gasteiger partial charge in [0.25, 0.3) is 0 Å². The van der Waals surface area contributed by atoms with E-state index in [1.165, 1.54) is 0 Å². The first-order valence-corrected chi connectivity index (χ1v) is 6.44. The van der Waals surface area contributed by atoms with Gasteiger partial charge in [0.1, 0.15) is 12.0 Å². The molecule has 0 aliphatic rings. The van der Waals surface area contributed by atoms with Crippen LogP contribution in [0.2, 0.25) is 0 Å². The lowest BCUT2D eigenvalue weighted by Gasteiger charge is -2.01. The molecule has 0 atom stereocenters. The Morgan fingerprint density at radius 2 is 1.89 bits per heavy atom. The number of aromatic nitrogens is 3. The number of rotatable bonds is 0. The van der Waals surface area contributed by atoms with Crippen LogP contribution in [0.15, 0.2) is 53.3 Å². The molecule has 0 bridgehead atoms. The molecule has 0 N–H and O–H groups in total. The Hall–Kier alpha value is -1.94. The molecular weight excluding hydrogens is 290 g/mol. The quantitative estimate of drug-likeness (QED) is 0.494. The van der Waals surface area contributed by atoms with E-state index >= 15 is 0 Å². The maximum absolute atomic E-state index is 4.69. The molecule has 0 aliphatic carbocycles. The Bertz CT molecular complexity index is 895. The van der Waals surface area contributed by atoms with Crippen molar-refractivity contribution in [1.29, 1.82) is 0 Å². The summed E-state index contributed by atoms with van der Waals surface area (Å²) in [5, 5.41) is 1.06. The number of hydrogen-bond acceptors (Lipinski definition) is 2. The van der Waals surface area contributed by atoms with Crippen LogP contribution >= 0.6 is 15.9 Å². The van der Waals surface area contributed by atoms with E-state index in [1.54, 1.807) is 0 Å². The van der Waals surface area contributed by atoms with Gasteiger partial charge in [0.15, 0.2) is 0 Å². The molecule has 2 aromatic carbocycles. The summed E-state index contributed by atoms with van der Waals surface area (Å²) in [7, 11) is 0. The van der Waals surface area contributed by atoms with Gasteiger partial charge in [-0.3, -0.25) is 4.40 Å². The first-order chi connectivity index (χ1) is 8.84. The first kappa shape index (κ1) is 10.0. The molecule has 4 heteroatoms. The first-order valence-electron chi connectivity index (χ1n) is 5.64. The van der Waals surface area contributed by atoms with Crippen molar-refractivity contribution in [3.8, 4) is 0 Å². The van der Waals surface area contributed by atoms with Crippen LogP contribution in [0, 0.1) is 0 Å².